The highest BCUT2D eigenvalue weighted by Gasteiger charge is 1.92. The maximum Gasteiger partial charge on any atom is 0.282 e. The summed E-state index contributed by atoms with van der Waals surface area (Å²) in [6, 6.07) is 0. The predicted octanol–water partition coefficient (Wildman–Crippen LogP) is 2.86. The molecule has 1 N–H and O–H groups in total. The van der Waals surface area contributed by atoms with Crippen molar-refractivity contribution >= 4 is 17.0 Å². The molecule has 62 valence electrons. The Bertz CT molecular complexity index is 117. The SMILES string of the molecule is C=C(C)NC(=O)SC.CC.[HH]. The van der Waals surface area contributed by atoms with Crippen LogP contribution in [0.15, 0.2) is 12.3 Å². The molecule has 0 radical (unpaired) electrons. The summed E-state index contributed by atoms with van der Waals surface area (Å²) in [5, 5.41) is 2.46. The highest BCUT2D eigenvalue weighted by molar-refractivity contribution is 8.12. The minimum absolute atomic E-state index is 0. The molecule has 3 heteroatoms. The summed E-state index contributed by atoms with van der Waals surface area (Å²) in [6.07, 6.45) is 1.72. The summed E-state index contributed by atoms with van der Waals surface area (Å²) in [4.78, 5) is 10.4. The van der Waals surface area contributed by atoms with Gasteiger partial charge in [0.15, 0.2) is 0 Å². The molecule has 0 rings (SSSR count). The summed E-state index contributed by atoms with van der Waals surface area (Å²) >= 11 is 1.14. The Morgan fingerprint density at radius 3 is 2.10 bits per heavy atom. The van der Waals surface area contributed by atoms with Crippen LogP contribution < -0.4 is 5.32 Å². The molecule has 0 atom stereocenters. The van der Waals surface area contributed by atoms with E-state index in [4.69, 9.17) is 0 Å². The van der Waals surface area contributed by atoms with E-state index >= 15 is 0 Å². The fourth-order valence-electron chi connectivity index (χ4n) is 0.225. The number of thioether (sulfide) groups is 1. The van der Waals surface area contributed by atoms with Crippen LogP contribution in [-0.2, 0) is 0 Å². The Morgan fingerprint density at radius 1 is 1.60 bits per heavy atom. The summed E-state index contributed by atoms with van der Waals surface area (Å²) < 4.78 is 0. The minimum Gasteiger partial charge on any atom is -0.322 e. The van der Waals surface area contributed by atoms with Crippen LogP contribution in [-0.4, -0.2) is 11.5 Å². The molecule has 10 heavy (non-hydrogen) atoms. The number of hydrogen-bond donors (Lipinski definition) is 1. The first-order valence-corrected chi connectivity index (χ1v) is 4.39. The predicted molar refractivity (Wildman–Crippen MR) is 50.3 cm³/mol. The molecule has 0 unspecified atom stereocenters. The van der Waals surface area contributed by atoms with Gasteiger partial charge in [0, 0.05) is 7.12 Å². The van der Waals surface area contributed by atoms with Crippen molar-refractivity contribution < 1.29 is 6.22 Å². The van der Waals surface area contributed by atoms with E-state index in [0.717, 1.165) is 11.8 Å². The van der Waals surface area contributed by atoms with Gasteiger partial charge < -0.3 is 5.32 Å². The zero-order valence-corrected chi connectivity index (χ0v) is 7.84. The Hall–Kier alpha value is -0.440. The van der Waals surface area contributed by atoms with Crippen molar-refractivity contribution in [3.8, 4) is 0 Å². The maximum atomic E-state index is 10.4. The second-order valence-electron chi connectivity index (χ2n) is 1.40. The molecule has 0 aromatic rings. The first kappa shape index (κ1) is 12.3. The van der Waals surface area contributed by atoms with Gasteiger partial charge in [0.25, 0.3) is 5.24 Å². The van der Waals surface area contributed by atoms with E-state index in [9.17, 15) is 4.79 Å². The highest BCUT2D eigenvalue weighted by atomic mass is 32.2. The van der Waals surface area contributed by atoms with Crippen molar-refractivity contribution in [3.63, 3.8) is 0 Å². The van der Waals surface area contributed by atoms with Gasteiger partial charge in [0.1, 0.15) is 0 Å². The van der Waals surface area contributed by atoms with Crippen LogP contribution in [0, 0.1) is 0 Å². The number of nitrogens with one attached hydrogen (secondary N) is 1. The van der Waals surface area contributed by atoms with Crippen molar-refractivity contribution in [2.45, 2.75) is 20.8 Å². The first-order chi connectivity index (χ1) is 4.66. The van der Waals surface area contributed by atoms with E-state index in [-0.39, 0.29) is 6.67 Å². The van der Waals surface area contributed by atoms with Gasteiger partial charge in [0.05, 0.1) is 0 Å². The molecule has 0 aliphatic heterocycles. The molecule has 0 bridgehead atoms. The van der Waals surface area contributed by atoms with Gasteiger partial charge in [-0.1, -0.05) is 32.2 Å². The van der Waals surface area contributed by atoms with Crippen molar-refractivity contribution in [3.05, 3.63) is 12.3 Å². The summed E-state index contributed by atoms with van der Waals surface area (Å²) in [5.74, 6) is 0. The fraction of sp³-hybridized carbons (Fsp3) is 0.571. The standard InChI is InChI=1S/C5H9NOS.C2H6.H2/c1-4(2)6-5(7)8-3;1-2;/h1H2,2-3H3,(H,6,7);1-2H3;1H. The van der Waals surface area contributed by atoms with E-state index in [0.29, 0.717) is 5.70 Å². The second kappa shape index (κ2) is 8.56. The van der Waals surface area contributed by atoms with Crippen LogP contribution in [0.5, 0.6) is 0 Å². The Kier molecular flexibility index (Phi) is 10.5. The Morgan fingerprint density at radius 2 is 2.00 bits per heavy atom. The topological polar surface area (TPSA) is 29.1 Å². The third kappa shape index (κ3) is 10.5. The molecule has 0 spiro atoms. The van der Waals surface area contributed by atoms with E-state index in [1.165, 1.54) is 0 Å². The molecule has 0 aromatic carbocycles. The van der Waals surface area contributed by atoms with Gasteiger partial charge >= 0.3 is 0 Å². The van der Waals surface area contributed by atoms with Crippen molar-refractivity contribution in [2.75, 3.05) is 6.26 Å². The number of carbonyl (C=O) groups is 1. The molecule has 2 nitrogen and oxygen atoms in total. The molecule has 1 amide bonds. The van der Waals surface area contributed by atoms with Crippen molar-refractivity contribution in [1.29, 1.82) is 0 Å². The number of rotatable bonds is 1. The molecular formula is C7H17NOS. The molecule has 0 aliphatic rings. The third-order valence-electron chi connectivity index (χ3n) is 0.501. The summed E-state index contributed by atoms with van der Waals surface area (Å²) in [5.41, 5.74) is 0.685. The van der Waals surface area contributed by atoms with E-state index in [1.54, 1.807) is 13.2 Å². The van der Waals surface area contributed by atoms with Crippen LogP contribution in [0.4, 0.5) is 4.79 Å². The molecule has 0 fully saturated rings. The Balaban J connectivity index is -0.000000196. The third-order valence-corrected chi connectivity index (χ3v) is 0.974. The lowest BCUT2D eigenvalue weighted by atomic mass is 10.6. The second-order valence-corrected chi connectivity index (χ2v) is 2.18. The molecular weight excluding hydrogens is 146 g/mol. The van der Waals surface area contributed by atoms with Crippen LogP contribution >= 0.6 is 11.8 Å². The van der Waals surface area contributed by atoms with Crippen LogP contribution in [0.1, 0.15) is 22.2 Å². The Labute approximate surface area is 68.6 Å². The number of carbonyl (C=O) groups excluding carboxylic acids is 1. The van der Waals surface area contributed by atoms with Crippen LogP contribution in [0.2, 0.25) is 0 Å². The van der Waals surface area contributed by atoms with Gasteiger partial charge in [-0.25, -0.2) is 0 Å². The quantitative estimate of drug-likeness (QED) is 0.644. The van der Waals surface area contributed by atoms with E-state index in [1.807, 2.05) is 13.8 Å². The summed E-state index contributed by atoms with van der Waals surface area (Å²) in [6.45, 7) is 9.24. The van der Waals surface area contributed by atoms with Crippen LogP contribution in [0.25, 0.3) is 0 Å². The van der Waals surface area contributed by atoms with E-state index < -0.39 is 0 Å². The monoisotopic (exact) mass is 163 g/mol. The molecule has 0 saturated heterocycles. The lowest BCUT2D eigenvalue weighted by Gasteiger charge is -1.97. The van der Waals surface area contributed by atoms with Crippen molar-refractivity contribution in [1.82, 2.24) is 5.32 Å². The first-order valence-electron chi connectivity index (χ1n) is 3.17. The van der Waals surface area contributed by atoms with Crippen molar-refractivity contribution in [2.24, 2.45) is 0 Å². The van der Waals surface area contributed by atoms with Gasteiger partial charge in [0.2, 0.25) is 0 Å². The largest absolute Gasteiger partial charge is 0.322 e. The molecule has 0 heterocycles. The lowest BCUT2D eigenvalue weighted by Crippen LogP contribution is -2.14. The molecule has 0 aliphatic carbocycles. The normalized spacial score (nSPS) is 7.20. The van der Waals surface area contributed by atoms with Gasteiger partial charge in [-0.2, -0.15) is 0 Å². The minimum atomic E-state index is -0.0579. The number of hydrogen-bond acceptors (Lipinski definition) is 2. The molecule has 0 aromatic heterocycles. The highest BCUT2D eigenvalue weighted by Crippen LogP contribution is 1.93. The van der Waals surface area contributed by atoms with Gasteiger partial charge in [-0.15, -0.1) is 0 Å². The zero-order valence-electron chi connectivity index (χ0n) is 7.02. The smallest absolute Gasteiger partial charge is 0.282 e. The average Bonchev–Trinajstić information content (AvgIpc) is 1.91. The maximum absolute atomic E-state index is 10.4. The zero-order chi connectivity index (χ0) is 8.57. The average molecular weight is 163 g/mol. The van der Waals surface area contributed by atoms with E-state index in [2.05, 4.69) is 11.9 Å². The summed E-state index contributed by atoms with van der Waals surface area (Å²) in [7, 11) is 0. The molecule has 0 saturated carbocycles. The fourth-order valence-corrected chi connectivity index (χ4v) is 0.502. The number of allylic oxidation sites excluding steroid dienone is 1. The van der Waals surface area contributed by atoms with Crippen LogP contribution in [0.3, 0.4) is 0 Å². The number of amides is 1. The van der Waals surface area contributed by atoms with Gasteiger partial charge in [-0.05, 0) is 13.2 Å². The lowest BCUT2D eigenvalue weighted by molar-refractivity contribution is 0.263. The van der Waals surface area contributed by atoms with Gasteiger partial charge in [-0.3, -0.25) is 4.79 Å².